The zero-order valence-electron chi connectivity index (χ0n) is 53.3. The molecule has 0 aliphatic carbocycles. The fraction of sp³-hybridized carbons (Fsp3) is 0.720. The van der Waals surface area contributed by atoms with Crippen LogP contribution in [0.2, 0.25) is 0 Å². The number of unbranched alkanes of at least 4 members (excludes halogenated alkanes) is 33. The van der Waals surface area contributed by atoms with E-state index in [4.69, 9.17) is 14.2 Å². The lowest BCUT2D eigenvalue weighted by atomic mass is 10.1. The molecular formula is C75H128O6. The van der Waals surface area contributed by atoms with Gasteiger partial charge in [-0.25, -0.2) is 0 Å². The maximum atomic E-state index is 13.0. The monoisotopic (exact) mass is 1120 g/mol. The molecule has 0 aromatic rings. The van der Waals surface area contributed by atoms with Gasteiger partial charge in [-0.1, -0.05) is 284 Å². The predicted molar refractivity (Wildman–Crippen MR) is 353 cm³/mol. The summed E-state index contributed by atoms with van der Waals surface area (Å²) in [6, 6.07) is 0. The van der Waals surface area contributed by atoms with Crippen LogP contribution in [0.15, 0.2) is 109 Å². The fourth-order valence-electron chi connectivity index (χ4n) is 9.52. The first-order valence-corrected chi connectivity index (χ1v) is 34.4. The summed E-state index contributed by atoms with van der Waals surface area (Å²) in [5, 5.41) is 0. The zero-order valence-corrected chi connectivity index (χ0v) is 53.3. The molecule has 0 saturated carbocycles. The Kier molecular flexibility index (Phi) is 65.2. The first-order chi connectivity index (χ1) is 40.0. The van der Waals surface area contributed by atoms with E-state index in [-0.39, 0.29) is 31.1 Å². The van der Waals surface area contributed by atoms with Gasteiger partial charge in [0, 0.05) is 19.3 Å². The molecule has 0 aromatic carbocycles. The van der Waals surface area contributed by atoms with Crippen molar-refractivity contribution in [3.8, 4) is 0 Å². The molecule has 0 fully saturated rings. The van der Waals surface area contributed by atoms with Crippen LogP contribution in [0.3, 0.4) is 0 Å². The van der Waals surface area contributed by atoms with Gasteiger partial charge < -0.3 is 14.2 Å². The Hall–Kier alpha value is -3.93. The van der Waals surface area contributed by atoms with E-state index < -0.39 is 6.10 Å². The third-order valence-corrected chi connectivity index (χ3v) is 14.7. The number of esters is 3. The lowest BCUT2D eigenvalue weighted by molar-refractivity contribution is -0.167. The van der Waals surface area contributed by atoms with E-state index in [2.05, 4.69) is 130 Å². The molecule has 0 aliphatic rings. The standard InChI is InChI=1S/C75H128O6/c1-4-7-10-13-16-19-22-25-28-31-34-36-37-39-41-44-47-50-53-56-59-62-65-68-74(77)80-71-72(70-79-73(76)67-64-61-58-55-52-49-46-43-40-33-30-27-24-21-18-15-12-9-6-3)81-75(78)69-66-63-60-57-54-51-48-45-42-38-35-32-29-26-23-20-17-14-11-8-5-2/h18,21-23,25-27,30-32,34-35,37,39-40,42-43,45,72H,4-17,19-20,24,28-29,33,36,38,41,44,46-71H2,1-3H3/b21-18-,25-22-,26-23-,30-27-,34-31-,35-32-,39-37-,43-40-,45-42-. The molecule has 1 unspecified atom stereocenters. The van der Waals surface area contributed by atoms with Crippen molar-refractivity contribution in [2.75, 3.05) is 13.2 Å². The molecule has 0 spiro atoms. The lowest BCUT2D eigenvalue weighted by Crippen LogP contribution is -2.30. The number of allylic oxidation sites excluding steroid dienone is 18. The Morgan fingerprint density at radius 2 is 0.444 bits per heavy atom. The maximum absolute atomic E-state index is 13.0. The van der Waals surface area contributed by atoms with Crippen molar-refractivity contribution in [1.82, 2.24) is 0 Å². The fourth-order valence-corrected chi connectivity index (χ4v) is 9.52. The number of ether oxygens (including phenoxy) is 3. The Balaban J connectivity index is 4.45. The molecule has 0 radical (unpaired) electrons. The highest BCUT2D eigenvalue weighted by Gasteiger charge is 2.19. The molecule has 464 valence electrons. The molecule has 81 heavy (non-hydrogen) atoms. The normalized spacial score (nSPS) is 12.8. The number of rotatable bonds is 62. The van der Waals surface area contributed by atoms with Crippen LogP contribution < -0.4 is 0 Å². The van der Waals surface area contributed by atoms with E-state index >= 15 is 0 Å². The Morgan fingerprint density at radius 3 is 0.716 bits per heavy atom. The Labute approximate surface area is 501 Å². The SMILES string of the molecule is CCCCC/C=C\C/C=C\C/C=C\CCCCCCCCC(=O)OCC(COC(=O)CCCCCCCCCC/C=C\C/C=C\C/C=C\CCCCCCC)OC(=O)CCCCCCCC/C=C\C/C=C\C/C=C\CCCCCCC. The highest BCUT2D eigenvalue weighted by atomic mass is 16.6. The van der Waals surface area contributed by atoms with Gasteiger partial charge in [0.1, 0.15) is 13.2 Å². The van der Waals surface area contributed by atoms with Crippen LogP contribution in [0.25, 0.3) is 0 Å². The molecule has 0 rings (SSSR count). The first-order valence-electron chi connectivity index (χ1n) is 34.4. The maximum Gasteiger partial charge on any atom is 0.306 e. The van der Waals surface area contributed by atoms with Crippen molar-refractivity contribution in [3.05, 3.63) is 109 Å². The highest BCUT2D eigenvalue weighted by molar-refractivity contribution is 5.71. The minimum absolute atomic E-state index is 0.0924. The number of carbonyl (C=O) groups excluding carboxylic acids is 3. The van der Waals surface area contributed by atoms with E-state index in [1.54, 1.807) is 0 Å². The number of hydrogen-bond acceptors (Lipinski definition) is 6. The summed E-state index contributed by atoms with van der Waals surface area (Å²) in [7, 11) is 0. The molecule has 6 nitrogen and oxygen atoms in total. The van der Waals surface area contributed by atoms with Crippen LogP contribution in [0.5, 0.6) is 0 Å². The molecule has 0 aliphatic heterocycles. The predicted octanol–water partition coefficient (Wildman–Crippen LogP) is 23.8. The molecule has 0 aromatic heterocycles. The third-order valence-electron chi connectivity index (χ3n) is 14.7. The average molecular weight is 1130 g/mol. The van der Waals surface area contributed by atoms with Crippen molar-refractivity contribution in [3.63, 3.8) is 0 Å². The summed E-state index contributed by atoms with van der Waals surface area (Å²) in [4.78, 5) is 38.5. The lowest BCUT2D eigenvalue weighted by Gasteiger charge is -2.18. The molecule has 0 N–H and O–H groups in total. The second kappa shape index (κ2) is 68.6. The second-order valence-corrected chi connectivity index (χ2v) is 22.7. The quantitative estimate of drug-likeness (QED) is 0.0261. The van der Waals surface area contributed by atoms with Gasteiger partial charge in [-0.2, -0.15) is 0 Å². The van der Waals surface area contributed by atoms with Crippen molar-refractivity contribution < 1.29 is 28.6 Å². The molecule has 0 bridgehead atoms. The minimum Gasteiger partial charge on any atom is -0.462 e. The van der Waals surface area contributed by atoms with Gasteiger partial charge in [0.25, 0.3) is 0 Å². The van der Waals surface area contributed by atoms with Gasteiger partial charge in [-0.15, -0.1) is 0 Å². The van der Waals surface area contributed by atoms with Crippen LogP contribution in [0.1, 0.15) is 329 Å². The van der Waals surface area contributed by atoms with E-state index in [9.17, 15) is 14.4 Å². The largest absolute Gasteiger partial charge is 0.462 e. The van der Waals surface area contributed by atoms with Crippen LogP contribution in [0.4, 0.5) is 0 Å². The summed E-state index contributed by atoms with van der Waals surface area (Å²) < 4.78 is 17.0. The van der Waals surface area contributed by atoms with E-state index in [0.29, 0.717) is 19.3 Å². The van der Waals surface area contributed by atoms with Gasteiger partial charge >= 0.3 is 17.9 Å². The summed E-state index contributed by atoms with van der Waals surface area (Å²) in [5.74, 6) is -0.914. The second-order valence-electron chi connectivity index (χ2n) is 22.7. The molecule has 1 atom stereocenters. The van der Waals surface area contributed by atoms with Crippen molar-refractivity contribution in [1.29, 1.82) is 0 Å². The number of carbonyl (C=O) groups is 3. The molecule has 0 heterocycles. The highest BCUT2D eigenvalue weighted by Crippen LogP contribution is 2.15. The van der Waals surface area contributed by atoms with Gasteiger partial charge in [0.2, 0.25) is 0 Å². The summed E-state index contributed by atoms with van der Waals surface area (Å²) >= 11 is 0. The van der Waals surface area contributed by atoms with Gasteiger partial charge in [0.05, 0.1) is 0 Å². The molecule has 0 saturated heterocycles. The van der Waals surface area contributed by atoms with E-state index in [0.717, 1.165) is 122 Å². The van der Waals surface area contributed by atoms with E-state index in [1.165, 1.54) is 167 Å². The van der Waals surface area contributed by atoms with Crippen molar-refractivity contribution >= 4 is 17.9 Å². The van der Waals surface area contributed by atoms with Crippen LogP contribution in [0, 0.1) is 0 Å². The van der Waals surface area contributed by atoms with Crippen LogP contribution >= 0.6 is 0 Å². The first kappa shape index (κ1) is 77.1. The van der Waals surface area contributed by atoms with Gasteiger partial charge in [-0.3, -0.25) is 14.4 Å². The van der Waals surface area contributed by atoms with Crippen LogP contribution in [-0.4, -0.2) is 37.2 Å². The molecule has 0 amide bonds. The third kappa shape index (κ3) is 66.8. The number of hydrogen-bond donors (Lipinski definition) is 0. The Bertz CT molecular complexity index is 1620. The van der Waals surface area contributed by atoms with Crippen molar-refractivity contribution in [2.45, 2.75) is 335 Å². The smallest absolute Gasteiger partial charge is 0.306 e. The average Bonchev–Trinajstić information content (AvgIpc) is 3.47. The topological polar surface area (TPSA) is 78.9 Å². The Morgan fingerprint density at radius 1 is 0.247 bits per heavy atom. The zero-order chi connectivity index (χ0) is 58.5. The van der Waals surface area contributed by atoms with Gasteiger partial charge in [-0.05, 0) is 135 Å². The van der Waals surface area contributed by atoms with E-state index in [1.807, 2.05) is 0 Å². The van der Waals surface area contributed by atoms with Crippen molar-refractivity contribution in [2.24, 2.45) is 0 Å². The van der Waals surface area contributed by atoms with Crippen LogP contribution in [-0.2, 0) is 28.6 Å². The summed E-state index contributed by atoms with van der Waals surface area (Å²) in [6.45, 7) is 6.59. The molecular weight excluding hydrogens is 997 g/mol. The van der Waals surface area contributed by atoms with Gasteiger partial charge in [0.15, 0.2) is 6.10 Å². The summed E-state index contributed by atoms with van der Waals surface area (Å²) in [6.07, 6.45) is 93.7. The minimum atomic E-state index is -0.799. The summed E-state index contributed by atoms with van der Waals surface area (Å²) in [5.41, 5.74) is 0. The molecule has 6 heteroatoms.